The van der Waals surface area contributed by atoms with Crippen molar-refractivity contribution in [3.63, 3.8) is 0 Å². The monoisotopic (exact) mass is 471 g/mol. The number of thioether (sulfide) groups is 1. The molecule has 6 nitrogen and oxygen atoms in total. The van der Waals surface area contributed by atoms with Crippen molar-refractivity contribution in [1.29, 1.82) is 0 Å². The minimum absolute atomic E-state index is 0.0432. The lowest BCUT2D eigenvalue weighted by Crippen LogP contribution is -2.22. The Morgan fingerprint density at radius 2 is 2.19 bits per heavy atom. The maximum Gasteiger partial charge on any atom is 0.263 e. The largest absolute Gasteiger partial charge is 0.376 e. The third-order valence-corrected chi connectivity index (χ3v) is 8.09. The first kappa shape index (κ1) is 23.0. The van der Waals surface area contributed by atoms with Crippen molar-refractivity contribution in [3.05, 3.63) is 57.0 Å². The first-order valence-electron chi connectivity index (χ1n) is 11.0. The fourth-order valence-corrected chi connectivity index (χ4v) is 6.09. The van der Waals surface area contributed by atoms with E-state index in [1.165, 1.54) is 11.8 Å². The minimum Gasteiger partial charge on any atom is -0.376 e. The molecular formula is C24H29N3O3S2. The van der Waals surface area contributed by atoms with Crippen LogP contribution in [-0.2, 0) is 24.2 Å². The Morgan fingerprint density at radius 1 is 1.38 bits per heavy atom. The Labute approximate surface area is 196 Å². The molecule has 0 saturated carbocycles. The number of allylic oxidation sites excluding steroid dienone is 1. The van der Waals surface area contributed by atoms with Crippen molar-refractivity contribution < 1.29 is 9.53 Å². The number of hydrogen-bond donors (Lipinski definition) is 0. The molecule has 0 bridgehead atoms. The SMILES string of the molecule is C=CCn1c(SCC(=O)c2cc(C)n(C[C@H]3CCCO3)c2C)nc2sc(CC)cc2c1=O. The van der Waals surface area contributed by atoms with E-state index in [4.69, 9.17) is 9.72 Å². The average Bonchev–Trinajstić information content (AvgIpc) is 3.50. The van der Waals surface area contributed by atoms with Gasteiger partial charge in [-0.25, -0.2) is 4.98 Å². The predicted molar refractivity (Wildman–Crippen MR) is 131 cm³/mol. The van der Waals surface area contributed by atoms with E-state index in [0.29, 0.717) is 17.1 Å². The second-order valence-corrected chi connectivity index (χ2v) is 10.2. The molecule has 32 heavy (non-hydrogen) atoms. The number of Topliss-reactive ketones (excluding diaryl/α,β-unsaturated/α-hetero) is 1. The molecule has 1 fully saturated rings. The van der Waals surface area contributed by atoms with Crippen molar-refractivity contribution in [2.45, 2.75) is 64.4 Å². The highest BCUT2D eigenvalue weighted by Gasteiger charge is 2.22. The lowest BCUT2D eigenvalue weighted by molar-refractivity contribution is 0.0957. The molecule has 3 aromatic rings. The van der Waals surface area contributed by atoms with Gasteiger partial charge in [-0.3, -0.25) is 14.2 Å². The number of carbonyl (C=O) groups excluding carboxylic acids is 1. The summed E-state index contributed by atoms with van der Waals surface area (Å²) >= 11 is 2.86. The molecule has 3 aromatic heterocycles. The van der Waals surface area contributed by atoms with E-state index in [1.54, 1.807) is 22.0 Å². The number of ether oxygens (including phenoxy) is 1. The summed E-state index contributed by atoms with van der Waals surface area (Å²) in [5, 5.41) is 1.20. The topological polar surface area (TPSA) is 66.1 Å². The molecule has 8 heteroatoms. The number of aromatic nitrogens is 3. The molecule has 4 heterocycles. The van der Waals surface area contributed by atoms with E-state index in [9.17, 15) is 9.59 Å². The van der Waals surface area contributed by atoms with Crippen molar-refractivity contribution in [2.75, 3.05) is 12.4 Å². The van der Waals surface area contributed by atoms with Gasteiger partial charge in [-0.05, 0) is 45.2 Å². The molecule has 0 aromatic carbocycles. The Morgan fingerprint density at radius 3 is 2.88 bits per heavy atom. The Bertz CT molecular complexity index is 1220. The number of carbonyl (C=O) groups is 1. The zero-order chi connectivity index (χ0) is 22.8. The van der Waals surface area contributed by atoms with Crippen LogP contribution in [0, 0.1) is 13.8 Å². The van der Waals surface area contributed by atoms with Gasteiger partial charge in [-0.15, -0.1) is 17.9 Å². The molecule has 1 aliphatic rings. The summed E-state index contributed by atoms with van der Waals surface area (Å²) in [5.41, 5.74) is 2.70. The summed E-state index contributed by atoms with van der Waals surface area (Å²) in [5.74, 6) is 0.271. The molecular weight excluding hydrogens is 442 g/mol. The van der Waals surface area contributed by atoms with E-state index in [-0.39, 0.29) is 23.2 Å². The maximum atomic E-state index is 13.1. The summed E-state index contributed by atoms with van der Waals surface area (Å²) in [6.45, 7) is 11.8. The molecule has 1 aliphatic heterocycles. The van der Waals surface area contributed by atoms with Gasteiger partial charge in [0.15, 0.2) is 10.9 Å². The van der Waals surface area contributed by atoms with Crippen LogP contribution in [0.3, 0.4) is 0 Å². The number of rotatable bonds is 9. The highest BCUT2D eigenvalue weighted by atomic mass is 32.2. The highest BCUT2D eigenvalue weighted by Crippen LogP contribution is 2.27. The van der Waals surface area contributed by atoms with Crippen molar-refractivity contribution in [3.8, 4) is 0 Å². The van der Waals surface area contributed by atoms with Crippen LogP contribution in [-0.4, -0.2) is 38.4 Å². The number of ketones is 1. The van der Waals surface area contributed by atoms with Gasteiger partial charge in [-0.2, -0.15) is 0 Å². The van der Waals surface area contributed by atoms with Gasteiger partial charge in [0.1, 0.15) is 4.83 Å². The van der Waals surface area contributed by atoms with Crippen molar-refractivity contribution in [2.24, 2.45) is 0 Å². The summed E-state index contributed by atoms with van der Waals surface area (Å²) in [6.07, 6.45) is 4.94. The van der Waals surface area contributed by atoms with Gasteiger partial charge in [-0.1, -0.05) is 24.8 Å². The summed E-state index contributed by atoms with van der Waals surface area (Å²) in [6, 6.07) is 3.89. The first-order valence-corrected chi connectivity index (χ1v) is 12.8. The molecule has 0 amide bonds. The fraction of sp³-hybridized carbons (Fsp3) is 0.458. The third-order valence-electron chi connectivity index (χ3n) is 5.94. The van der Waals surface area contributed by atoms with Crippen LogP contribution in [0.15, 0.2) is 34.7 Å². The molecule has 0 radical (unpaired) electrons. The molecule has 0 unspecified atom stereocenters. The second kappa shape index (κ2) is 9.77. The normalized spacial score (nSPS) is 16.2. The Balaban J connectivity index is 1.57. The van der Waals surface area contributed by atoms with Gasteiger partial charge < -0.3 is 9.30 Å². The molecule has 1 saturated heterocycles. The van der Waals surface area contributed by atoms with Gasteiger partial charge in [0.05, 0.1) is 17.2 Å². The van der Waals surface area contributed by atoms with Gasteiger partial charge in [0, 0.05) is 41.5 Å². The number of aryl methyl sites for hydroxylation is 2. The quantitative estimate of drug-likeness (QED) is 0.194. The Hall–Kier alpha value is -2.16. The van der Waals surface area contributed by atoms with Crippen LogP contribution in [0.2, 0.25) is 0 Å². The minimum atomic E-state index is -0.0736. The molecule has 0 spiro atoms. The molecule has 1 atom stereocenters. The fourth-order valence-electron chi connectivity index (χ4n) is 4.19. The standard InChI is InChI=1S/C24H29N3O3S2/c1-5-9-26-23(29)20-12-18(6-2)32-22(20)25-24(26)31-14-21(28)19-11-15(3)27(16(19)4)13-17-8-7-10-30-17/h5,11-12,17H,1,6-10,13-14H2,2-4H3/t17-/m1/s1. The van der Waals surface area contributed by atoms with E-state index in [1.807, 2.05) is 26.0 Å². The van der Waals surface area contributed by atoms with Gasteiger partial charge in [0.2, 0.25) is 0 Å². The number of nitrogens with zero attached hydrogens (tertiary/aromatic N) is 3. The molecule has 0 aliphatic carbocycles. The zero-order valence-corrected chi connectivity index (χ0v) is 20.5. The van der Waals surface area contributed by atoms with Gasteiger partial charge >= 0.3 is 0 Å². The van der Waals surface area contributed by atoms with Gasteiger partial charge in [0.25, 0.3) is 5.56 Å². The van der Waals surface area contributed by atoms with Crippen molar-refractivity contribution in [1.82, 2.24) is 14.1 Å². The molecule has 0 N–H and O–H groups in total. The Kier molecular flexibility index (Phi) is 7.02. The van der Waals surface area contributed by atoms with Crippen LogP contribution in [0.5, 0.6) is 0 Å². The average molecular weight is 472 g/mol. The lowest BCUT2D eigenvalue weighted by atomic mass is 10.2. The summed E-state index contributed by atoms with van der Waals surface area (Å²) in [7, 11) is 0. The maximum absolute atomic E-state index is 13.1. The highest BCUT2D eigenvalue weighted by molar-refractivity contribution is 7.99. The third kappa shape index (κ3) is 4.49. The van der Waals surface area contributed by atoms with Crippen molar-refractivity contribution >= 4 is 39.1 Å². The summed E-state index contributed by atoms with van der Waals surface area (Å²) < 4.78 is 9.57. The van der Waals surface area contributed by atoms with E-state index in [0.717, 1.165) is 59.1 Å². The lowest BCUT2D eigenvalue weighted by Gasteiger charge is -2.14. The smallest absolute Gasteiger partial charge is 0.263 e. The van der Waals surface area contributed by atoms with Crippen LogP contribution in [0.4, 0.5) is 0 Å². The zero-order valence-electron chi connectivity index (χ0n) is 18.8. The first-order chi connectivity index (χ1) is 15.4. The van der Waals surface area contributed by atoms with E-state index >= 15 is 0 Å². The number of hydrogen-bond acceptors (Lipinski definition) is 6. The summed E-state index contributed by atoms with van der Waals surface area (Å²) in [4.78, 5) is 32.7. The van der Waals surface area contributed by atoms with Crippen LogP contribution < -0.4 is 5.56 Å². The molecule has 4 rings (SSSR count). The van der Waals surface area contributed by atoms with Crippen LogP contribution >= 0.6 is 23.1 Å². The predicted octanol–water partition coefficient (Wildman–Crippen LogP) is 4.78. The number of fused-ring (bicyclic) bond motifs is 1. The van der Waals surface area contributed by atoms with E-state index in [2.05, 4.69) is 18.1 Å². The van der Waals surface area contributed by atoms with E-state index < -0.39 is 0 Å². The second-order valence-electron chi connectivity index (χ2n) is 8.13. The number of thiophene rings is 1. The molecule has 170 valence electrons. The van der Waals surface area contributed by atoms with Crippen LogP contribution in [0.1, 0.15) is 46.4 Å². The van der Waals surface area contributed by atoms with Crippen LogP contribution in [0.25, 0.3) is 10.2 Å².